The molecular formula is C13H19N5O. The van der Waals surface area contributed by atoms with Gasteiger partial charge in [0.2, 0.25) is 0 Å². The summed E-state index contributed by atoms with van der Waals surface area (Å²) in [4.78, 5) is 8.89. The van der Waals surface area contributed by atoms with Gasteiger partial charge in [-0.1, -0.05) is 6.92 Å². The first-order chi connectivity index (χ1) is 9.19. The molecule has 1 saturated heterocycles. The van der Waals surface area contributed by atoms with Crippen molar-refractivity contribution in [2.24, 2.45) is 0 Å². The highest BCUT2D eigenvalue weighted by Gasteiger charge is 2.20. The summed E-state index contributed by atoms with van der Waals surface area (Å²) in [6, 6.07) is 0. The zero-order chi connectivity index (χ0) is 13.4. The minimum absolute atomic E-state index is 0.228. The summed E-state index contributed by atoms with van der Waals surface area (Å²) in [5.41, 5.74) is 1.86. The van der Waals surface area contributed by atoms with Gasteiger partial charge in [0.15, 0.2) is 11.6 Å². The van der Waals surface area contributed by atoms with Crippen molar-refractivity contribution in [1.29, 1.82) is 0 Å². The van der Waals surface area contributed by atoms with E-state index >= 15 is 0 Å². The number of aryl methyl sites for hydroxylation is 3. The number of nitrogens with zero attached hydrogens (tertiary/aromatic N) is 4. The molecule has 19 heavy (non-hydrogen) atoms. The summed E-state index contributed by atoms with van der Waals surface area (Å²) in [5.74, 6) is 2.31. The molecule has 1 aliphatic heterocycles. The number of fused-ring (bicyclic) bond motifs is 1. The van der Waals surface area contributed by atoms with Crippen LogP contribution >= 0.6 is 0 Å². The van der Waals surface area contributed by atoms with Gasteiger partial charge in [0.05, 0.1) is 11.4 Å². The molecule has 0 spiro atoms. The summed E-state index contributed by atoms with van der Waals surface area (Å²) in [5, 5.41) is 7.76. The van der Waals surface area contributed by atoms with E-state index in [-0.39, 0.29) is 6.10 Å². The predicted molar refractivity (Wildman–Crippen MR) is 71.5 cm³/mol. The third kappa shape index (κ3) is 2.16. The standard InChI is InChI=1S/C13H19N5O/c1-4-11-16-13-15-8(2)12(9(3)18(13)17-11)19-10-5-6-14-7-10/h10,14H,4-7H2,1-3H3/t10-/m1/s1. The zero-order valence-electron chi connectivity index (χ0n) is 11.6. The van der Waals surface area contributed by atoms with E-state index < -0.39 is 0 Å². The van der Waals surface area contributed by atoms with E-state index in [1.807, 2.05) is 20.8 Å². The molecule has 0 amide bonds. The molecule has 6 heteroatoms. The van der Waals surface area contributed by atoms with Gasteiger partial charge in [0.25, 0.3) is 5.78 Å². The average molecular weight is 261 g/mol. The number of nitrogens with one attached hydrogen (secondary N) is 1. The summed E-state index contributed by atoms with van der Waals surface area (Å²) >= 11 is 0. The molecule has 2 aromatic rings. The lowest BCUT2D eigenvalue weighted by Gasteiger charge is -2.16. The first-order valence-electron chi connectivity index (χ1n) is 6.79. The Morgan fingerprint density at radius 2 is 2.21 bits per heavy atom. The van der Waals surface area contributed by atoms with Gasteiger partial charge < -0.3 is 10.1 Å². The highest BCUT2D eigenvalue weighted by atomic mass is 16.5. The molecule has 3 rings (SSSR count). The largest absolute Gasteiger partial charge is 0.485 e. The van der Waals surface area contributed by atoms with Crippen molar-refractivity contribution in [1.82, 2.24) is 24.9 Å². The summed E-state index contributed by atoms with van der Waals surface area (Å²) < 4.78 is 7.86. The van der Waals surface area contributed by atoms with E-state index in [9.17, 15) is 0 Å². The third-order valence-corrected chi connectivity index (χ3v) is 3.49. The molecule has 1 fully saturated rings. The maximum absolute atomic E-state index is 6.07. The fourth-order valence-electron chi connectivity index (χ4n) is 2.42. The van der Waals surface area contributed by atoms with Crippen molar-refractivity contribution in [3.8, 4) is 5.75 Å². The van der Waals surface area contributed by atoms with Crippen molar-refractivity contribution in [3.05, 3.63) is 17.2 Å². The Hall–Kier alpha value is -1.69. The fraction of sp³-hybridized carbons (Fsp3) is 0.615. The smallest absolute Gasteiger partial charge is 0.253 e. The van der Waals surface area contributed by atoms with Crippen LogP contribution in [0.25, 0.3) is 5.78 Å². The van der Waals surface area contributed by atoms with Gasteiger partial charge in [-0.15, -0.1) is 5.10 Å². The van der Waals surface area contributed by atoms with Crippen LogP contribution in [0.5, 0.6) is 5.75 Å². The first kappa shape index (κ1) is 12.3. The van der Waals surface area contributed by atoms with Crippen LogP contribution in [0.15, 0.2) is 0 Å². The zero-order valence-corrected chi connectivity index (χ0v) is 11.6. The second kappa shape index (κ2) is 4.77. The van der Waals surface area contributed by atoms with Gasteiger partial charge in [-0.25, -0.2) is 4.98 Å². The molecule has 2 aromatic heterocycles. The number of rotatable bonds is 3. The molecule has 0 saturated carbocycles. The van der Waals surface area contributed by atoms with Crippen LogP contribution in [0.4, 0.5) is 0 Å². The molecular weight excluding hydrogens is 242 g/mol. The van der Waals surface area contributed by atoms with Gasteiger partial charge in [-0.2, -0.15) is 9.50 Å². The second-order valence-corrected chi connectivity index (χ2v) is 4.94. The fourth-order valence-corrected chi connectivity index (χ4v) is 2.42. The quantitative estimate of drug-likeness (QED) is 0.894. The maximum atomic E-state index is 6.07. The summed E-state index contributed by atoms with van der Waals surface area (Å²) in [6.07, 6.45) is 2.07. The van der Waals surface area contributed by atoms with E-state index in [0.29, 0.717) is 5.78 Å². The molecule has 0 unspecified atom stereocenters. The molecule has 1 N–H and O–H groups in total. The molecule has 0 aliphatic carbocycles. The van der Waals surface area contributed by atoms with Gasteiger partial charge in [-0.3, -0.25) is 0 Å². The highest BCUT2D eigenvalue weighted by molar-refractivity contribution is 5.41. The monoisotopic (exact) mass is 261 g/mol. The lowest BCUT2D eigenvalue weighted by Crippen LogP contribution is -2.21. The van der Waals surface area contributed by atoms with E-state index in [4.69, 9.17) is 4.74 Å². The van der Waals surface area contributed by atoms with Gasteiger partial charge in [0.1, 0.15) is 6.10 Å². The van der Waals surface area contributed by atoms with E-state index in [1.54, 1.807) is 4.52 Å². The third-order valence-electron chi connectivity index (χ3n) is 3.49. The number of hydrogen-bond donors (Lipinski definition) is 1. The molecule has 6 nitrogen and oxygen atoms in total. The predicted octanol–water partition coefficient (Wildman–Crippen LogP) is 1.04. The molecule has 1 aliphatic rings. The van der Waals surface area contributed by atoms with Crippen LogP contribution in [0.2, 0.25) is 0 Å². The Labute approximate surface area is 112 Å². The molecule has 0 radical (unpaired) electrons. The normalized spacial score (nSPS) is 19.2. The lowest BCUT2D eigenvalue weighted by molar-refractivity contribution is 0.217. The summed E-state index contributed by atoms with van der Waals surface area (Å²) in [7, 11) is 0. The van der Waals surface area contributed by atoms with Crippen molar-refractivity contribution in [2.75, 3.05) is 13.1 Å². The Kier molecular flexibility index (Phi) is 3.10. The van der Waals surface area contributed by atoms with E-state index in [2.05, 4.69) is 20.4 Å². The Bertz CT molecular complexity index is 601. The molecule has 1 atom stereocenters. The molecule has 0 aromatic carbocycles. The minimum atomic E-state index is 0.228. The SMILES string of the molecule is CCc1nc2nc(C)c(O[C@@H]3CCNC3)c(C)n2n1. The second-order valence-electron chi connectivity index (χ2n) is 4.94. The van der Waals surface area contributed by atoms with Gasteiger partial charge >= 0.3 is 0 Å². The topological polar surface area (TPSA) is 64.3 Å². The molecule has 3 heterocycles. The summed E-state index contributed by atoms with van der Waals surface area (Å²) in [6.45, 7) is 7.92. The van der Waals surface area contributed by atoms with Crippen molar-refractivity contribution in [3.63, 3.8) is 0 Å². The number of aromatic nitrogens is 4. The van der Waals surface area contributed by atoms with Crippen molar-refractivity contribution >= 4 is 5.78 Å². The minimum Gasteiger partial charge on any atom is -0.485 e. The van der Waals surface area contributed by atoms with Crippen LogP contribution in [0.1, 0.15) is 30.6 Å². The Morgan fingerprint density at radius 3 is 2.89 bits per heavy atom. The van der Waals surface area contributed by atoms with Gasteiger partial charge in [-0.05, 0) is 26.8 Å². The van der Waals surface area contributed by atoms with Crippen molar-refractivity contribution < 1.29 is 4.74 Å². The lowest BCUT2D eigenvalue weighted by atomic mass is 10.3. The molecule has 102 valence electrons. The van der Waals surface area contributed by atoms with Crippen LogP contribution in [-0.2, 0) is 6.42 Å². The number of ether oxygens (including phenoxy) is 1. The Balaban J connectivity index is 2.02. The van der Waals surface area contributed by atoms with E-state index in [0.717, 1.165) is 48.9 Å². The number of hydrogen-bond acceptors (Lipinski definition) is 5. The first-order valence-corrected chi connectivity index (χ1v) is 6.79. The Morgan fingerprint density at radius 1 is 1.37 bits per heavy atom. The van der Waals surface area contributed by atoms with E-state index in [1.165, 1.54) is 0 Å². The van der Waals surface area contributed by atoms with Crippen molar-refractivity contribution in [2.45, 2.75) is 39.7 Å². The van der Waals surface area contributed by atoms with Crippen LogP contribution in [-0.4, -0.2) is 38.8 Å². The van der Waals surface area contributed by atoms with Crippen LogP contribution in [0.3, 0.4) is 0 Å². The molecule has 0 bridgehead atoms. The average Bonchev–Trinajstić information content (AvgIpc) is 3.03. The van der Waals surface area contributed by atoms with Crippen LogP contribution < -0.4 is 10.1 Å². The highest BCUT2D eigenvalue weighted by Crippen LogP contribution is 2.24. The van der Waals surface area contributed by atoms with Gasteiger partial charge in [0, 0.05) is 13.0 Å². The maximum Gasteiger partial charge on any atom is 0.253 e. The van der Waals surface area contributed by atoms with Crippen LogP contribution in [0, 0.1) is 13.8 Å².